The van der Waals surface area contributed by atoms with Gasteiger partial charge in [-0.25, -0.2) is 9.36 Å². The minimum atomic E-state index is -0.131. The summed E-state index contributed by atoms with van der Waals surface area (Å²) in [6.07, 6.45) is 4.35. The molecular formula is C11H18N6O. The zero-order valence-electron chi connectivity index (χ0n) is 10.7. The van der Waals surface area contributed by atoms with E-state index in [0.29, 0.717) is 17.6 Å². The molecule has 1 unspecified atom stereocenters. The normalized spacial score (nSPS) is 13.1. The van der Waals surface area contributed by atoms with E-state index in [1.807, 2.05) is 6.92 Å². The molecule has 0 saturated heterocycles. The molecule has 98 valence electrons. The summed E-state index contributed by atoms with van der Waals surface area (Å²) in [7, 11) is 1.74. The summed E-state index contributed by atoms with van der Waals surface area (Å²) < 4.78 is 2.94. The zero-order chi connectivity index (χ0) is 13.1. The highest BCUT2D eigenvalue weighted by Crippen LogP contribution is 2.03. The van der Waals surface area contributed by atoms with Gasteiger partial charge in [-0.1, -0.05) is 11.6 Å². The average Bonchev–Trinajstić information content (AvgIpc) is 2.70. The Kier molecular flexibility index (Phi) is 3.71. The maximum absolute atomic E-state index is 12.1. The van der Waals surface area contributed by atoms with Crippen LogP contribution in [0.25, 0.3) is 11.0 Å². The maximum Gasteiger partial charge on any atom is 0.280 e. The Morgan fingerprint density at radius 1 is 1.44 bits per heavy atom. The number of aromatic nitrogens is 5. The van der Waals surface area contributed by atoms with Crippen molar-refractivity contribution >= 4 is 11.0 Å². The van der Waals surface area contributed by atoms with Crippen LogP contribution in [0.1, 0.15) is 26.2 Å². The van der Waals surface area contributed by atoms with Gasteiger partial charge in [-0.3, -0.25) is 4.79 Å². The van der Waals surface area contributed by atoms with Crippen LogP contribution in [0.15, 0.2) is 11.0 Å². The smallest absolute Gasteiger partial charge is 0.280 e. The summed E-state index contributed by atoms with van der Waals surface area (Å²) >= 11 is 0. The molecule has 0 amide bonds. The van der Waals surface area contributed by atoms with E-state index >= 15 is 0 Å². The first-order chi connectivity index (χ1) is 8.59. The van der Waals surface area contributed by atoms with Crippen molar-refractivity contribution in [3.05, 3.63) is 16.6 Å². The molecule has 0 aromatic carbocycles. The molecule has 1 atom stereocenters. The zero-order valence-corrected chi connectivity index (χ0v) is 10.7. The van der Waals surface area contributed by atoms with E-state index in [1.165, 1.54) is 10.9 Å². The SMILES string of the molecule is CC(N)CCCCn1nnc2c(cnn2C)c1=O. The number of aryl methyl sites for hydroxylation is 2. The molecular weight excluding hydrogens is 232 g/mol. The minimum Gasteiger partial charge on any atom is -0.328 e. The molecule has 2 rings (SSSR count). The highest BCUT2D eigenvalue weighted by molar-refractivity contribution is 5.72. The molecule has 2 aromatic rings. The van der Waals surface area contributed by atoms with Gasteiger partial charge in [-0.05, 0) is 19.8 Å². The van der Waals surface area contributed by atoms with Gasteiger partial charge in [0.05, 0.1) is 6.20 Å². The quantitative estimate of drug-likeness (QED) is 0.757. The predicted octanol–water partition coefficient (Wildman–Crippen LogP) is 0.0425. The van der Waals surface area contributed by atoms with E-state index in [2.05, 4.69) is 15.4 Å². The number of fused-ring (bicyclic) bond motifs is 1. The molecule has 0 fully saturated rings. The molecule has 0 spiro atoms. The fourth-order valence-corrected chi connectivity index (χ4v) is 1.85. The predicted molar refractivity (Wildman–Crippen MR) is 68.1 cm³/mol. The lowest BCUT2D eigenvalue weighted by atomic mass is 10.1. The summed E-state index contributed by atoms with van der Waals surface area (Å²) in [5, 5.41) is 12.4. The Balaban J connectivity index is 2.10. The van der Waals surface area contributed by atoms with Crippen molar-refractivity contribution in [2.45, 2.75) is 38.8 Å². The topological polar surface area (TPSA) is 91.6 Å². The molecule has 18 heavy (non-hydrogen) atoms. The number of nitrogens with zero attached hydrogens (tertiary/aromatic N) is 5. The third-order valence-corrected chi connectivity index (χ3v) is 2.90. The van der Waals surface area contributed by atoms with Crippen molar-refractivity contribution in [1.82, 2.24) is 24.8 Å². The van der Waals surface area contributed by atoms with Crippen LogP contribution in [0.4, 0.5) is 0 Å². The molecule has 7 heteroatoms. The second-order valence-corrected chi connectivity index (χ2v) is 4.60. The summed E-state index contributed by atoms with van der Waals surface area (Å²) in [6.45, 7) is 2.55. The number of unbranched alkanes of at least 4 members (excludes halogenated alkanes) is 1. The number of hydrogen-bond acceptors (Lipinski definition) is 5. The first-order valence-electron chi connectivity index (χ1n) is 6.10. The van der Waals surface area contributed by atoms with Gasteiger partial charge in [-0.2, -0.15) is 5.10 Å². The van der Waals surface area contributed by atoms with Crippen LogP contribution in [0.5, 0.6) is 0 Å². The van der Waals surface area contributed by atoms with Crippen molar-refractivity contribution in [3.8, 4) is 0 Å². The Labute approximate surface area is 105 Å². The van der Waals surface area contributed by atoms with Crippen LogP contribution in [0.2, 0.25) is 0 Å². The van der Waals surface area contributed by atoms with Gasteiger partial charge in [0.25, 0.3) is 5.56 Å². The Morgan fingerprint density at radius 3 is 2.94 bits per heavy atom. The van der Waals surface area contributed by atoms with Crippen LogP contribution in [-0.4, -0.2) is 30.8 Å². The first kappa shape index (κ1) is 12.7. The second-order valence-electron chi connectivity index (χ2n) is 4.60. The van der Waals surface area contributed by atoms with Gasteiger partial charge >= 0.3 is 0 Å². The summed E-state index contributed by atoms with van der Waals surface area (Å²) in [5.41, 5.74) is 6.06. The largest absolute Gasteiger partial charge is 0.328 e. The fraction of sp³-hybridized carbons (Fsp3) is 0.636. The fourth-order valence-electron chi connectivity index (χ4n) is 1.85. The van der Waals surface area contributed by atoms with Crippen molar-refractivity contribution in [2.75, 3.05) is 0 Å². The molecule has 0 aliphatic rings. The lowest BCUT2D eigenvalue weighted by Gasteiger charge is -2.05. The molecule has 2 N–H and O–H groups in total. The Hall–Kier alpha value is -1.76. The monoisotopic (exact) mass is 250 g/mol. The molecule has 0 aliphatic heterocycles. The van der Waals surface area contributed by atoms with Gasteiger partial charge in [0, 0.05) is 19.6 Å². The molecule has 0 aliphatic carbocycles. The highest BCUT2D eigenvalue weighted by atomic mass is 16.1. The lowest BCUT2D eigenvalue weighted by molar-refractivity contribution is 0.488. The van der Waals surface area contributed by atoms with Crippen molar-refractivity contribution in [2.24, 2.45) is 12.8 Å². The Morgan fingerprint density at radius 2 is 2.22 bits per heavy atom. The van der Waals surface area contributed by atoms with Gasteiger partial charge in [0.15, 0.2) is 5.65 Å². The third kappa shape index (κ3) is 2.56. The minimum absolute atomic E-state index is 0.131. The van der Waals surface area contributed by atoms with Crippen LogP contribution >= 0.6 is 0 Å². The van der Waals surface area contributed by atoms with E-state index in [9.17, 15) is 4.79 Å². The van der Waals surface area contributed by atoms with Crippen LogP contribution in [0, 0.1) is 0 Å². The molecule has 7 nitrogen and oxygen atoms in total. The van der Waals surface area contributed by atoms with Gasteiger partial charge in [0.1, 0.15) is 5.39 Å². The van der Waals surface area contributed by atoms with Crippen molar-refractivity contribution < 1.29 is 0 Å². The number of hydrogen-bond donors (Lipinski definition) is 1. The van der Waals surface area contributed by atoms with Crippen molar-refractivity contribution in [1.29, 1.82) is 0 Å². The molecule has 2 heterocycles. The van der Waals surface area contributed by atoms with Crippen LogP contribution in [-0.2, 0) is 13.6 Å². The number of nitrogens with two attached hydrogens (primary N) is 1. The third-order valence-electron chi connectivity index (χ3n) is 2.90. The van der Waals surface area contributed by atoms with E-state index < -0.39 is 0 Å². The first-order valence-corrected chi connectivity index (χ1v) is 6.10. The van der Waals surface area contributed by atoms with Gasteiger partial charge in [0.2, 0.25) is 0 Å². The van der Waals surface area contributed by atoms with E-state index in [-0.39, 0.29) is 11.6 Å². The van der Waals surface area contributed by atoms with Crippen molar-refractivity contribution in [3.63, 3.8) is 0 Å². The summed E-state index contributed by atoms with van der Waals surface area (Å²) in [4.78, 5) is 12.1. The van der Waals surface area contributed by atoms with Crippen LogP contribution < -0.4 is 11.3 Å². The second kappa shape index (κ2) is 5.26. The molecule has 2 aromatic heterocycles. The standard InChI is InChI=1S/C11H18N6O/c1-8(12)5-3-4-6-17-11(18)9-7-13-16(2)10(9)14-15-17/h7-8H,3-6,12H2,1-2H3. The van der Waals surface area contributed by atoms with Gasteiger partial charge in [-0.15, -0.1) is 5.10 Å². The molecule has 0 bridgehead atoms. The average molecular weight is 250 g/mol. The molecule has 0 saturated carbocycles. The Bertz CT molecular complexity index is 585. The van der Waals surface area contributed by atoms with Gasteiger partial charge < -0.3 is 5.73 Å². The van der Waals surface area contributed by atoms with E-state index in [1.54, 1.807) is 11.7 Å². The van der Waals surface area contributed by atoms with Crippen LogP contribution in [0.3, 0.4) is 0 Å². The summed E-state index contributed by atoms with van der Waals surface area (Å²) in [5.74, 6) is 0. The van der Waals surface area contributed by atoms with E-state index in [0.717, 1.165) is 19.3 Å². The maximum atomic E-state index is 12.1. The highest BCUT2D eigenvalue weighted by Gasteiger charge is 2.08. The summed E-state index contributed by atoms with van der Waals surface area (Å²) in [6, 6.07) is 0.202. The lowest BCUT2D eigenvalue weighted by Crippen LogP contribution is -2.24. The number of rotatable bonds is 5. The van der Waals surface area contributed by atoms with E-state index in [4.69, 9.17) is 5.73 Å². The molecule has 0 radical (unpaired) electrons.